The Morgan fingerprint density at radius 1 is 1.04 bits per heavy atom. The second kappa shape index (κ2) is 7.88. The average molecular weight is 415 g/mol. The number of hydrogen-bond donors (Lipinski definition) is 0. The third kappa shape index (κ3) is 4.04. The maximum absolute atomic E-state index is 12.9. The Kier molecular flexibility index (Phi) is 5.64. The van der Waals surface area contributed by atoms with Crippen molar-refractivity contribution in [1.82, 2.24) is 9.21 Å². The molecule has 1 aliphatic carbocycles. The highest BCUT2D eigenvalue weighted by Crippen LogP contribution is 2.42. The van der Waals surface area contributed by atoms with Crippen LogP contribution in [0, 0.1) is 17.8 Å². The van der Waals surface area contributed by atoms with Crippen molar-refractivity contribution in [2.75, 3.05) is 26.2 Å². The second-order valence-corrected chi connectivity index (χ2v) is 10.5. The van der Waals surface area contributed by atoms with E-state index < -0.39 is 16.6 Å². The molecule has 0 spiro atoms. The van der Waals surface area contributed by atoms with Crippen LogP contribution in [0.4, 0.5) is 8.78 Å². The molecule has 2 aliphatic heterocycles. The molecule has 2 heterocycles. The van der Waals surface area contributed by atoms with Crippen LogP contribution in [0.15, 0.2) is 29.2 Å². The van der Waals surface area contributed by atoms with Gasteiger partial charge >= 0.3 is 6.61 Å². The first-order chi connectivity index (χ1) is 13.3. The summed E-state index contributed by atoms with van der Waals surface area (Å²) in [5.74, 6) is 1.61. The molecule has 156 valence electrons. The van der Waals surface area contributed by atoms with Crippen molar-refractivity contribution >= 4 is 10.0 Å². The molecule has 5 nitrogen and oxygen atoms in total. The number of halogens is 2. The monoisotopic (exact) mass is 414 g/mol. The fourth-order valence-electron chi connectivity index (χ4n) is 5.06. The third-order valence-corrected chi connectivity index (χ3v) is 8.56. The van der Waals surface area contributed by atoms with Gasteiger partial charge in [0.2, 0.25) is 10.0 Å². The summed E-state index contributed by atoms with van der Waals surface area (Å²) in [6, 6.07) is 5.85. The number of likely N-dealkylation sites (tertiary alicyclic amines) is 1. The Labute approximate surface area is 165 Å². The number of fused-ring (bicyclic) bond motifs is 1. The van der Waals surface area contributed by atoms with Crippen molar-refractivity contribution in [3.8, 4) is 5.75 Å². The average Bonchev–Trinajstić information content (AvgIpc) is 3.22. The van der Waals surface area contributed by atoms with Crippen molar-refractivity contribution in [1.29, 1.82) is 0 Å². The fraction of sp³-hybridized carbons (Fsp3) is 0.700. The minimum Gasteiger partial charge on any atom is -0.435 e. The summed E-state index contributed by atoms with van der Waals surface area (Å²) < 4.78 is 56.3. The van der Waals surface area contributed by atoms with Crippen LogP contribution in [0.2, 0.25) is 0 Å². The van der Waals surface area contributed by atoms with Crippen molar-refractivity contribution in [3.63, 3.8) is 0 Å². The molecule has 28 heavy (non-hydrogen) atoms. The van der Waals surface area contributed by atoms with E-state index >= 15 is 0 Å². The number of rotatable bonds is 5. The van der Waals surface area contributed by atoms with Crippen LogP contribution in [-0.4, -0.2) is 56.5 Å². The number of alkyl halides is 2. The molecule has 0 amide bonds. The van der Waals surface area contributed by atoms with Gasteiger partial charge in [0.05, 0.1) is 4.90 Å². The van der Waals surface area contributed by atoms with E-state index in [4.69, 9.17) is 0 Å². The zero-order valence-corrected chi connectivity index (χ0v) is 17.0. The Hall–Kier alpha value is -1.25. The van der Waals surface area contributed by atoms with Gasteiger partial charge < -0.3 is 9.64 Å². The molecule has 4 rings (SSSR count). The molecule has 3 atom stereocenters. The van der Waals surface area contributed by atoms with Crippen molar-refractivity contribution in [2.45, 2.75) is 50.2 Å². The van der Waals surface area contributed by atoms with Crippen LogP contribution in [0.5, 0.6) is 5.75 Å². The minimum atomic E-state index is -3.60. The summed E-state index contributed by atoms with van der Waals surface area (Å²) in [5, 5.41) is 0. The predicted molar refractivity (Wildman–Crippen MR) is 102 cm³/mol. The highest BCUT2D eigenvalue weighted by atomic mass is 32.2. The van der Waals surface area contributed by atoms with Gasteiger partial charge in [0.15, 0.2) is 0 Å². The number of nitrogens with zero attached hydrogens (tertiary/aromatic N) is 2. The molecule has 0 radical (unpaired) electrons. The molecule has 0 unspecified atom stereocenters. The molecular weight excluding hydrogens is 386 g/mol. The first-order valence-electron chi connectivity index (χ1n) is 10.1. The molecule has 1 aromatic rings. The van der Waals surface area contributed by atoms with Gasteiger partial charge in [0.1, 0.15) is 5.75 Å². The van der Waals surface area contributed by atoms with Gasteiger partial charge in [-0.25, -0.2) is 8.42 Å². The molecule has 8 heteroatoms. The van der Waals surface area contributed by atoms with Crippen LogP contribution < -0.4 is 4.74 Å². The quantitative estimate of drug-likeness (QED) is 0.741. The predicted octanol–water partition coefficient (Wildman–Crippen LogP) is 3.42. The van der Waals surface area contributed by atoms with E-state index in [0.29, 0.717) is 31.0 Å². The van der Waals surface area contributed by atoms with Gasteiger partial charge in [-0.3, -0.25) is 0 Å². The van der Waals surface area contributed by atoms with E-state index in [1.54, 1.807) is 4.31 Å². The zero-order chi connectivity index (χ0) is 19.9. The summed E-state index contributed by atoms with van der Waals surface area (Å²) in [7, 11) is -3.60. The summed E-state index contributed by atoms with van der Waals surface area (Å²) in [6.07, 6.45) is 4.67. The molecule has 3 aliphatic rings. The van der Waals surface area contributed by atoms with Gasteiger partial charge in [-0.1, -0.05) is 6.92 Å². The van der Waals surface area contributed by atoms with E-state index in [9.17, 15) is 17.2 Å². The molecule has 1 saturated carbocycles. The number of ether oxygens (including phenoxy) is 1. The lowest BCUT2D eigenvalue weighted by atomic mass is 9.97. The molecule has 1 aromatic carbocycles. The second-order valence-electron chi connectivity index (χ2n) is 8.54. The highest BCUT2D eigenvalue weighted by molar-refractivity contribution is 7.89. The number of piperidine rings is 1. The number of benzene rings is 1. The largest absolute Gasteiger partial charge is 0.435 e. The van der Waals surface area contributed by atoms with E-state index in [1.165, 1.54) is 50.2 Å². The Bertz CT molecular complexity index is 765. The number of sulfonamides is 1. The zero-order valence-electron chi connectivity index (χ0n) is 16.1. The summed E-state index contributed by atoms with van der Waals surface area (Å²) in [6.45, 7) is 2.85. The standard InChI is InChI=1S/C20H28F2N2O3S/c1-14-6-8-23(9-7-14)17-10-15-12-24(13-16(15)11-17)28(25,26)19-4-2-18(3-5-19)27-20(21)22/h2-5,14-17,20H,6-13H2,1H3/t15-,16+,17-. The van der Waals surface area contributed by atoms with Crippen LogP contribution in [0.1, 0.15) is 32.6 Å². The van der Waals surface area contributed by atoms with Crippen molar-refractivity contribution in [2.24, 2.45) is 17.8 Å². The maximum atomic E-state index is 12.9. The lowest BCUT2D eigenvalue weighted by Crippen LogP contribution is -2.41. The molecule has 0 aromatic heterocycles. The molecule has 0 N–H and O–H groups in total. The van der Waals surface area contributed by atoms with Gasteiger partial charge in [0, 0.05) is 19.1 Å². The fourth-order valence-corrected chi connectivity index (χ4v) is 6.61. The van der Waals surface area contributed by atoms with Gasteiger partial charge in [-0.2, -0.15) is 13.1 Å². The maximum Gasteiger partial charge on any atom is 0.387 e. The third-order valence-electron chi connectivity index (χ3n) is 6.71. The van der Waals surface area contributed by atoms with E-state index in [-0.39, 0.29) is 10.6 Å². The summed E-state index contributed by atoms with van der Waals surface area (Å²) in [4.78, 5) is 2.74. The smallest absolute Gasteiger partial charge is 0.387 e. The first-order valence-corrected chi connectivity index (χ1v) is 11.6. The Morgan fingerprint density at radius 2 is 1.61 bits per heavy atom. The van der Waals surface area contributed by atoms with E-state index in [1.807, 2.05) is 0 Å². The van der Waals surface area contributed by atoms with Gasteiger partial charge in [-0.05, 0) is 80.8 Å². The van der Waals surface area contributed by atoms with Crippen LogP contribution in [-0.2, 0) is 10.0 Å². The van der Waals surface area contributed by atoms with Crippen LogP contribution in [0.25, 0.3) is 0 Å². The lowest BCUT2D eigenvalue weighted by molar-refractivity contribution is -0.0498. The van der Waals surface area contributed by atoms with Gasteiger partial charge in [0.25, 0.3) is 0 Å². The molecule has 0 bridgehead atoms. The lowest BCUT2D eigenvalue weighted by Gasteiger charge is -2.35. The SMILES string of the molecule is CC1CCN([C@@H]2C[C@@H]3CN(S(=O)(=O)c4ccc(OC(F)F)cc4)C[C@@H]3C2)CC1. The first kappa shape index (κ1) is 20.0. The molecule has 3 fully saturated rings. The van der Waals surface area contributed by atoms with Crippen LogP contribution in [0.3, 0.4) is 0 Å². The van der Waals surface area contributed by atoms with E-state index in [0.717, 1.165) is 18.8 Å². The van der Waals surface area contributed by atoms with Crippen molar-refractivity contribution in [3.05, 3.63) is 24.3 Å². The molecular formula is C20H28F2N2O3S. The van der Waals surface area contributed by atoms with E-state index in [2.05, 4.69) is 16.6 Å². The Balaban J connectivity index is 1.37. The highest BCUT2D eigenvalue weighted by Gasteiger charge is 2.46. The number of hydrogen-bond acceptors (Lipinski definition) is 4. The van der Waals surface area contributed by atoms with Crippen molar-refractivity contribution < 1.29 is 21.9 Å². The summed E-state index contributed by atoms with van der Waals surface area (Å²) >= 11 is 0. The topological polar surface area (TPSA) is 49.9 Å². The van der Waals surface area contributed by atoms with Gasteiger partial charge in [-0.15, -0.1) is 0 Å². The summed E-state index contributed by atoms with van der Waals surface area (Å²) in [5.41, 5.74) is 0. The Morgan fingerprint density at radius 3 is 2.14 bits per heavy atom. The normalized spacial score (nSPS) is 30.1. The van der Waals surface area contributed by atoms with Crippen LogP contribution >= 0.6 is 0 Å². The molecule has 2 saturated heterocycles. The minimum absolute atomic E-state index is 0.0362.